The lowest BCUT2D eigenvalue weighted by atomic mass is 10.1. The minimum absolute atomic E-state index is 0.0841. The molecule has 2 aliphatic rings. The smallest absolute Gasteiger partial charge is 0.231 e. The summed E-state index contributed by atoms with van der Waals surface area (Å²) in [5.41, 5.74) is 2.67. The molecular weight excluding hydrogens is 378 g/mol. The van der Waals surface area contributed by atoms with E-state index < -0.39 is 5.92 Å². The number of thiazole rings is 1. The predicted octanol–water partition coefficient (Wildman–Crippen LogP) is 3.33. The molecule has 2 aromatic carbocycles. The summed E-state index contributed by atoms with van der Waals surface area (Å²) in [6.45, 7) is 2.50. The number of para-hydroxylation sites is 1. The fraction of sp³-hybridized carbons (Fsp3) is 0.250. The highest BCUT2D eigenvalue weighted by Gasteiger charge is 2.36. The van der Waals surface area contributed by atoms with Crippen LogP contribution in [0.4, 0.5) is 10.8 Å². The molecule has 1 aromatic heterocycles. The lowest BCUT2D eigenvalue weighted by molar-refractivity contribution is -0.122. The molecule has 1 unspecified atom stereocenters. The molecule has 8 heteroatoms. The summed E-state index contributed by atoms with van der Waals surface area (Å²) in [4.78, 5) is 31.3. The number of carbonyl (C=O) groups is 2. The summed E-state index contributed by atoms with van der Waals surface area (Å²) in [6, 6.07) is 11.3. The van der Waals surface area contributed by atoms with Gasteiger partial charge in [-0.3, -0.25) is 9.59 Å². The average Bonchev–Trinajstić information content (AvgIpc) is 3.39. The van der Waals surface area contributed by atoms with E-state index in [1.165, 1.54) is 11.3 Å². The van der Waals surface area contributed by atoms with Crippen LogP contribution in [0.3, 0.4) is 0 Å². The van der Waals surface area contributed by atoms with Crippen LogP contribution >= 0.6 is 11.3 Å². The van der Waals surface area contributed by atoms with E-state index in [1.807, 2.05) is 31.2 Å². The lowest BCUT2D eigenvalue weighted by Crippen LogP contribution is -2.28. The fourth-order valence-electron chi connectivity index (χ4n) is 3.53. The third-order valence-electron chi connectivity index (χ3n) is 5.01. The van der Waals surface area contributed by atoms with E-state index in [0.717, 1.165) is 15.8 Å². The molecule has 2 aliphatic heterocycles. The largest absolute Gasteiger partial charge is 0.454 e. The third-order valence-corrected chi connectivity index (χ3v) is 5.95. The zero-order chi connectivity index (χ0) is 19.3. The van der Waals surface area contributed by atoms with Crippen LogP contribution < -0.4 is 19.7 Å². The maximum atomic E-state index is 12.7. The zero-order valence-electron chi connectivity index (χ0n) is 15.1. The van der Waals surface area contributed by atoms with Crippen molar-refractivity contribution in [1.29, 1.82) is 0 Å². The summed E-state index contributed by atoms with van der Waals surface area (Å²) in [6.07, 6.45) is 0.171. The molecule has 28 heavy (non-hydrogen) atoms. The van der Waals surface area contributed by atoms with Crippen LogP contribution in [0.2, 0.25) is 0 Å². The van der Waals surface area contributed by atoms with E-state index >= 15 is 0 Å². The van der Waals surface area contributed by atoms with Gasteiger partial charge in [0.1, 0.15) is 0 Å². The summed E-state index contributed by atoms with van der Waals surface area (Å²) >= 11 is 1.44. The second-order valence-corrected chi connectivity index (χ2v) is 7.90. The van der Waals surface area contributed by atoms with Gasteiger partial charge in [0, 0.05) is 24.7 Å². The van der Waals surface area contributed by atoms with E-state index in [9.17, 15) is 9.59 Å². The van der Waals surface area contributed by atoms with Crippen molar-refractivity contribution in [3.05, 3.63) is 42.0 Å². The van der Waals surface area contributed by atoms with Crippen molar-refractivity contribution in [2.75, 3.05) is 23.6 Å². The Morgan fingerprint density at radius 2 is 2.11 bits per heavy atom. The third kappa shape index (κ3) is 2.86. The molecule has 0 aliphatic carbocycles. The molecule has 1 N–H and O–H groups in total. The van der Waals surface area contributed by atoms with Crippen molar-refractivity contribution < 1.29 is 19.1 Å². The van der Waals surface area contributed by atoms with Crippen LogP contribution in [0.25, 0.3) is 10.2 Å². The number of nitrogens with one attached hydrogen (secondary N) is 1. The van der Waals surface area contributed by atoms with Gasteiger partial charge < -0.3 is 19.7 Å². The molecule has 3 heterocycles. The van der Waals surface area contributed by atoms with Gasteiger partial charge >= 0.3 is 0 Å². The molecule has 7 nitrogen and oxygen atoms in total. The highest BCUT2D eigenvalue weighted by Crippen LogP contribution is 2.37. The van der Waals surface area contributed by atoms with Gasteiger partial charge in [-0.25, -0.2) is 4.98 Å². The van der Waals surface area contributed by atoms with Gasteiger partial charge in [-0.15, -0.1) is 0 Å². The lowest BCUT2D eigenvalue weighted by Gasteiger charge is -2.17. The zero-order valence-corrected chi connectivity index (χ0v) is 15.9. The monoisotopic (exact) mass is 395 g/mol. The molecule has 1 atom stereocenters. The van der Waals surface area contributed by atoms with E-state index in [2.05, 4.69) is 10.3 Å². The van der Waals surface area contributed by atoms with E-state index in [4.69, 9.17) is 9.47 Å². The topological polar surface area (TPSA) is 80.8 Å². The first-order valence-electron chi connectivity index (χ1n) is 8.95. The Bertz CT molecular complexity index is 1110. The maximum absolute atomic E-state index is 12.7. The normalized spacial score (nSPS) is 18.1. The van der Waals surface area contributed by atoms with Crippen molar-refractivity contribution in [3.8, 4) is 11.5 Å². The van der Waals surface area contributed by atoms with E-state index in [1.54, 1.807) is 17.0 Å². The van der Waals surface area contributed by atoms with Crippen LogP contribution in [0, 0.1) is 12.8 Å². The second kappa shape index (κ2) is 6.49. The van der Waals surface area contributed by atoms with Gasteiger partial charge in [-0.1, -0.05) is 23.5 Å². The summed E-state index contributed by atoms with van der Waals surface area (Å²) in [5, 5.41) is 3.44. The highest BCUT2D eigenvalue weighted by molar-refractivity contribution is 7.22. The summed E-state index contributed by atoms with van der Waals surface area (Å²) in [5.74, 6) is 0.581. The number of carbonyl (C=O) groups excluding carboxylic acids is 2. The van der Waals surface area contributed by atoms with Crippen LogP contribution in [-0.2, 0) is 9.59 Å². The molecule has 0 radical (unpaired) electrons. The number of nitrogens with zero attached hydrogens (tertiary/aromatic N) is 2. The first-order valence-corrected chi connectivity index (χ1v) is 9.77. The Balaban J connectivity index is 1.32. The maximum Gasteiger partial charge on any atom is 0.231 e. The number of ether oxygens (including phenoxy) is 2. The minimum Gasteiger partial charge on any atom is -0.454 e. The molecule has 5 rings (SSSR count). The molecule has 1 saturated heterocycles. The van der Waals surface area contributed by atoms with Gasteiger partial charge in [0.15, 0.2) is 16.6 Å². The number of anilines is 2. The van der Waals surface area contributed by atoms with Crippen molar-refractivity contribution >= 4 is 44.2 Å². The molecule has 1 fully saturated rings. The van der Waals surface area contributed by atoms with Crippen LogP contribution in [0.1, 0.15) is 12.0 Å². The standard InChI is InChI=1S/C20H17N3O4S/c1-11-3-2-4-16-18(11)21-20(28-16)22-19(25)12-7-17(24)23(9-12)13-5-6-14-15(8-13)27-10-26-14/h2-6,8,12H,7,9-10H2,1H3,(H,21,22,25). The van der Waals surface area contributed by atoms with Crippen molar-refractivity contribution in [3.63, 3.8) is 0 Å². The van der Waals surface area contributed by atoms with Crippen LogP contribution in [-0.4, -0.2) is 30.1 Å². The van der Waals surface area contributed by atoms with Crippen LogP contribution in [0.15, 0.2) is 36.4 Å². The van der Waals surface area contributed by atoms with Crippen LogP contribution in [0.5, 0.6) is 11.5 Å². The molecule has 3 aromatic rings. The second-order valence-electron chi connectivity index (χ2n) is 6.87. The molecular formula is C20H17N3O4S. The fourth-order valence-corrected chi connectivity index (χ4v) is 4.48. The van der Waals surface area contributed by atoms with E-state index in [-0.39, 0.29) is 25.0 Å². The molecule has 2 amide bonds. The van der Waals surface area contributed by atoms with Gasteiger partial charge in [0.2, 0.25) is 18.6 Å². The number of fused-ring (bicyclic) bond motifs is 2. The van der Waals surface area contributed by atoms with Gasteiger partial charge in [-0.2, -0.15) is 0 Å². The van der Waals surface area contributed by atoms with Gasteiger partial charge in [0.25, 0.3) is 0 Å². The Morgan fingerprint density at radius 3 is 2.96 bits per heavy atom. The summed E-state index contributed by atoms with van der Waals surface area (Å²) < 4.78 is 11.7. The molecule has 0 bridgehead atoms. The quantitative estimate of drug-likeness (QED) is 0.736. The first-order chi connectivity index (χ1) is 13.6. The van der Waals surface area contributed by atoms with E-state index in [0.29, 0.717) is 28.9 Å². The van der Waals surface area contributed by atoms with Crippen molar-refractivity contribution in [1.82, 2.24) is 4.98 Å². The van der Waals surface area contributed by atoms with Crippen molar-refractivity contribution in [2.24, 2.45) is 5.92 Å². The van der Waals surface area contributed by atoms with Gasteiger partial charge in [0.05, 0.1) is 16.1 Å². The SMILES string of the molecule is Cc1cccc2sc(NC(=O)C3CC(=O)N(c4ccc5c(c4)OCO5)C3)nc12. The number of hydrogen-bond donors (Lipinski definition) is 1. The number of aromatic nitrogens is 1. The predicted molar refractivity (Wildman–Crippen MR) is 106 cm³/mol. The molecule has 0 saturated carbocycles. The minimum atomic E-state index is -0.425. The Kier molecular flexibility index (Phi) is 3.94. The highest BCUT2D eigenvalue weighted by atomic mass is 32.1. The number of benzene rings is 2. The number of amides is 2. The Labute approximate surface area is 164 Å². The summed E-state index contributed by atoms with van der Waals surface area (Å²) in [7, 11) is 0. The molecule has 142 valence electrons. The Hall–Kier alpha value is -3.13. The van der Waals surface area contributed by atoms with Crippen molar-refractivity contribution in [2.45, 2.75) is 13.3 Å². The van der Waals surface area contributed by atoms with Gasteiger partial charge in [-0.05, 0) is 30.7 Å². The Morgan fingerprint density at radius 1 is 1.25 bits per heavy atom. The number of rotatable bonds is 3. The number of aryl methyl sites for hydroxylation is 1. The first kappa shape index (κ1) is 17.0. The molecule has 0 spiro atoms. The average molecular weight is 395 g/mol. The number of hydrogen-bond acceptors (Lipinski definition) is 6.